The lowest BCUT2D eigenvalue weighted by Gasteiger charge is -2.26. The first-order valence-electron chi connectivity index (χ1n) is 10.2. The number of rotatable bonds is 6. The molecule has 7 heteroatoms. The predicted molar refractivity (Wildman–Crippen MR) is 123 cm³/mol. The maximum absolute atomic E-state index is 13.3. The minimum atomic E-state index is -1.26. The number of carbonyl (C=O) groups excluding carboxylic acids is 3. The van der Waals surface area contributed by atoms with Crippen LogP contribution in [0.4, 0.5) is 10.5 Å². The quantitative estimate of drug-likeness (QED) is 0.571. The summed E-state index contributed by atoms with van der Waals surface area (Å²) in [6.45, 7) is 1.58. The number of hydrogen-bond acceptors (Lipinski definition) is 3. The van der Waals surface area contributed by atoms with E-state index in [1.807, 2.05) is 60.7 Å². The average Bonchev–Trinajstić information content (AvgIpc) is 3.03. The SMILES string of the molecule is CC1(c2ccc(Cl)cc2)NC(=O)N(CC(=O)N(Cc2ccccc2)c2ccccc2)C1=O. The average molecular weight is 448 g/mol. The van der Waals surface area contributed by atoms with Crippen LogP contribution < -0.4 is 10.2 Å². The van der Waals surface area contributed by atoms with E-state index in [0.717, 1.165) is 10.5 Å². The first-order chi connectivity index (χ1) is 15.4. The largest absolute Gasteiger partial charge is 0.325 e. The number of nitrogens with zero attached hydrogens (tertiary/aromatic N) is 2. The van der Waals surface area contributed by atoms with Gasteiger partial charge in [-0.3, -0.25) is 14.5 Å². The maximum Gasteiger partial charge on any atom is 0.325 e. The number of urea groups is 1. The highest BCUT2D eigenvalue weighted by atomic mass is 35.5. The Bertz CT molecular complexity index is 1140. The Morgan fingerprint density at radius 2 is 1.53 bits per heavy atom. The van der Waals surface area contributed by atoms with Crippen LogP contribution in [0.15, 0.2) is 84.9 Å². The molecule has 1 N–H and O–H groups in total. The molecule has 1 aliphatic heterocycles. The number of halogens is 1. The van der Waals surface area contributed by atoms with Gasteiger partial charge in [-0.2, -0.15) is 0 Å². The Morgan fingerprint density at radius 3 is 2.16 bits per heavy atom. The molecule has 4 rings (SSSR count). The Morgan fingerprint density at radius 1 is 0.938 bits per heavy atom. The van der Waals surface area contributed by atoms with Crippen molar-refractivity contribution >= 4 is 35.1 Å². The van der Waals surface area contributed by atoms with Gasteiger partial charge < -0.3 is 10.2 Å². The molecule has 0 saturated carbocycles. The third-order valence-electron chi connectivity index (χ3n) is 5.54. The molecule has 4 amide bonds. The second-order valence-electron chi connectivity index (χ2n) is 7.75. The molecular weight excluding hydrogens is 426 g/mol. The van der Waals surface area contributed by atoms with Crippen LogP contribution in [0.2, 0.25) is 5.02 Å². The predicted octanol–water partition coefficient (Wildman–Crippen LogP) is 4.34. The van der Waals surface area contributed by atoms with E-state index in [-0.39, 0.29) is 12.5 Å². The number of benzene rings is 3. The van der Waals surface area contributed by atoms with Gasteiger partial charge >= 0.3 is 6.03 Å². The first kappa shape index (κ1) is 21.6. The lowest BCUT2D eigenvalue weighted by Crippen LogP contribution is -2.44. The number of amides is 4. The van der Waals surface area contributed by atoms with Crippen LogP contribution in [0.25, 0.3) is 0 Å². The zero-order valence-electron chi connectivity index (χ0n) is 17.5. The van der Waals surface area contributed by atoms with Gasteiger partial charge in [-0.25, -0.2) is 4.79 Å². The Hall–Kier alpha value is -3.64. The van der Waals surface area contributed by atoms with Gasteiger partial charge in [-0.15, -0.1) is 0 Å². The van der Waals surface area contributed by atoms with Crippen molar-refractivity contribution < 1.29 is 14.4 Å². The number of imide groups is 1. The van der Waals surface area contributed by atoms with E-state index >= 15 is 0 Å². The molecule has 3 aromatic rings. The van der Waals surface area contributed by atoms with E-state index in [9.17, 15) is 14.4 Å². The van der Waals surface area contributed by atoms with Crippen molar-refractivity contribution in [3.05, 3.63) is 101 Å². The molecule has 1 fully saturated rings. The minimum absolute atomic E-state index is 0.321. The Kier molecular flexibility index (Phi) is 5.97. The van der Waals surface area contributed by atoms with Gasteiger partial charge in [0, 0.05) is 10.7 Å². The molecule has 0 aliphatic carbocycles. The number of hydrogen-bond donors (Lipinski definition) is 1. The molecule has 0 spiro atoms. The molecule has 1 unspecified atom stereocenters. The van der Waals surface area contributed by atoms with Crippen molar-refractivity contribution in [1.82, 2.24) is 10.2 Å². The van der Waals surface area contributed by atoms with Crippen LogP contribution in [-0.2, 0) is 21.7 Å². The number of para-hydroxylation sites is 1. The van der Waals surface area contributed by atoms with Crippen molar-refractivity contribution in [1.29, 1.82) is 0 Å². The summed E-state index contributed by atoms with van der Waals surface area (Å²) in [6.07, 6.45) is 0. The zero-order chi connectivity index (χ0) is 22.7. The van der Waals surface area contributed by atoms with Gasteiger partial charge in [0.15, 0.2) is 0 Å². The van der Waals surface area contributed by atoms with Gasteiger partial charge in [0.05, 0.1) is 6.54 Å². The molecule has 32 heavy (non-hydrogen) atoms. The van der Waals surface area contributed by atoms with Crippen LogP contribution >= 0.6 is 11.6 Å². The van der Waals surface area contributed by atoms with Crippen LogP contribution in [0.5, 0.6) is 0 Å². The van der Waals surface area contributed by atoms with Crippen LogP contribution in [-0.4, -0.2) is 29.3 Å². The van der Waals surface area contributed by atoms with E-state index < -0.39 is 17.5 Å². The summed E-state index contributed by atoms with van der Waals surface area (Å²) in [6, 6.07) is 24.8. The molecule has 0 aromatic heterocycles. The molecule has 6 nitrogen and oxygen atoms in total. The summed E-state index contributed by atoms with van der Waals surface area (Å²) in [5, 5.41) is 3.25. The smallest absolute Gasteiger partial charge is 0.319 e. The fourth-order valence-electron chi connectivity index (χ4n) is 3.74. The van der Waals surface area contributed by atoms with E-state index in [2.05, 4.69) is 5.32 Å². The summed E-state index contributed by atoms with van der Waals surface area (Å²) in [4.78, 5) is 41.8. The van der Waals surface area contributed by atoms with E-state index in [1.165, 1.54) is 0 Å². The van der Waals surface area contributed by atoms with Crippen LogP contribution in [0.1, 0.15) is 18.1 Å². The number of nitrogens with one attached hydrogen (secondary N) is 1. The van der Waals surface area contributed by atoms with Crippen molar-refractivity contribution in [2.24, 2.45) is 0 Å². The molecule has 1 heterocycles. The fraction of sp³-hybridized carbons (Fsp3) is 0.160. The second-order valence-corrected chi connectivity index (χ2v) is 8.19. The lowest BCUT2D eigenvalue weighted by molar-refractivity contribution is -0.134. The zero-order valence-corrected chi connectivity index (χ0v) is 18.3. The topological polar surface area (TPSA) is 69.7 Å². The molecule has 1 aliphatic rings. The first-order valence-corrected chi connectivity index (χ1v) is 10.6. The summed E-state index contributed by atoms with van der Waals surface area (Å²) >= 11 is 5.95. The third-order valence-corrected chi connectivity index (χ3v) is 5.79. The summed E-state index contributed by atoms with van der Waals surface area (Å²) in [5.41, 5.74) is 0.958. The molecule has 0 bridgehead atoms. The summed E-state index contributed by atoms with van der Waals surface area (Å²) in [7, 11) is 0. The molecule has 1 atom stereocenters. The molecule has 162 valence electrons. The van der Waals surface area contributed by atoms with E-state index in [1.54, 1.807) is 36.1 Å². The number of carbonyl (C=O) groups is 3. The number of anilines is 1. The van der Waals surface area contributed by atoms with Crippen LogP contribution in [0.3, 0.4) is 0 Å². The van der Waals surface area contributed by atoms with E-state index in [0.29, 0.717) is 22.8 Å². The van der Waals surface area contributed by atoms with Crippen molar-refractivity contribution in [2.75, 3.05) is 11.4 Å². The Labute approximate surface area is 191 Å². The van der Waals surface area contributed by atoms with Gasteiger partial charge in [0.2, 0.25) is 5.91 Å². The molecular formula is C25H22ClN3O3. The normalized spacial score (nSPS) is 17.9. The third kappa shape index (κ3) is 4.22. The van der Waals surface area contributed by atoms with Crippen LogP contribution in [0, 0.1) is 0 Å². The highest BCUT2D eigenvalue weighted by molar-refractivity contribution is 6.30. The second kappa shape index (κ2) is 8.85. The highest BCUT2D eigenvalue weighted by Crippen LogP contribution is 2.30. The van der Waals surface area contributed by atoms with E-state index in [4.69, 9.17) is 11.6 Å². The monoisotopic (exact) mass is 447 g/mol. The molecule has 0 radical (unpaired) electrons. The lowest BCUT2D eigenvalue weighted by atomic mass is 9.92. The van der Waals surface area contributed by atoms with Crippen molar-refractivity contribution in [3.8, 4) is 0 Å². The Balaban J connectivity index is 1.58. The van der Waals surface area contributed by atoms with Gasteiger partial charge in [0.1, 0.15) is 12.1 Å². The van der Waals surface area contributed by atoms with Crippen molar-refractivity contribution in [3.63, 3.8) is 0 Å². The summed E-state index contributed by atoms with van der Waals surface area (Å²) in [5.74, 6) is -0.838. The van der Waals surface area contributed by atoms with Gasteiger partial charge in [0.25, 0.3) is 5.91 Å². The van der Waals surface area contributed by atoms with Gasteiger partial charge in [-0.1, -0.05) is 72.3 Å². The maximum atomic E-state index is 13.3. The van der Waals surface area contributed by atoms with Crippen molar-refractivity contribution in [2.45, 2.75) is 19.0 Å². The molecule has 3 aromatic carbocycles. The van der Waals surface area contributed by atoms with Gasteiger partial charge in [-0.05, 0) is 42.3 Å². The summed E-state index contributed by atoms with van der Waals surface area (Å²) < 4.78 is 0. The fourth-order valence-corrected chi connectivity index (χ4v) is 3.86. The minimum Gasteiger partial charge on any atom is -0.319 e. The standard InChI is InChI=1S/C25H22ClN3O3/c1-25(19-12-14-20(26)15-13-19)23(31)29(24(32)27-25)17-22(30)28(21-10-6-3-7-11-21)16-18-8-4-2-5-9-18/h2-15H,16-17H2,1H3,(H,27,32). The highest BCUT2D eigenvalue weighted by Gasteiger charge is 2.49. The molecule has 1 saturated heterocycles.